The molecule has 0 bridgehead atoms. The normalized spacial score (nSPS) is 11.4. The van der Waals surface area contributed by atoms with E-state index >= 15 is 0 Å². The Balaban J connectivity index is 2.32. The van der Waals surface area contributed by atoms with Gasteiger partial charge in [0.05, 0.1) is 13.8 Å². The van der Waals surface area contributed by atoms with Gasteiger partial charge in [-0.2, -0.15) is 0 Å². The van der Waals surface area contributed by atoms with Crippen LogP contribution in [0.5, 0.6) is 11.5 Å². The lowest BCUT2D eigenvalue weighted by Crippen LogP contribution is -2.11. The average Bonchev–Trinajstić information content (AvgIpc) is 2.35. The van der Waals surface area contributed by atoms with Gasteiger partial charge in [-0.3, -0.25) is 0 Å². The third-order valence-electron chi connectivity index (χ3n) is 2.35. The number of primary sulfonamides is 1. The summed E-state index contributed by atoms with van der Waals surface area (Å²) in [6.45, 7) is 0. The van der Waals surface area contributed by atoms with E-state index in [0.29, 0.717) is 14.7 Å². The van der Waals surface area contributed by atoms with E-state index in [9.17, 15) is 12.8 Å². The highest BCUT2D eigenvalue weighted by Crippen LogP contribution is 2.32. The number of rotatable bonds is 3. The van der Waals surface area contributed by atoms with Crippen molar-refractivity contribution in [1.29, 1.82) is 0 Å². The predicted molar refractivity (Wildman–Crippen MR) is 79.7 cm³/mol. The molecule has 4 nitrogen and oxygen atoms in total. The molecule has 2 rings (SSSR count). The first-order valence-electron chi connectivity index (χ1n) is 5.22. The van der Waals surface area contributed by atoms with Crippen LogP contribution >= 0.6 is 31.9 Å². The average molecular weight is 425 g/mol. The second-order valence-corrected chi connectivity index (χ2v) is 7.09. The summed E-state index contributed by atoms with van der Waals surface area (Å²) in [5.41, 5.74) is 0. The van der Waals surface area contributed by atoms with Crippen molar-refractivity contribution in [2.45, 2.75) is 4.90 Å². The van der Waals surface area contributed by atoms with Crippen LogP contribution < -0.4 is 9.88 Å². The minimum atomic E-state index is -3.78. The fourth-order valence-corrected chi connectivity index (χ4v) is 2.81. The highest BCUT2D eigenvalue weighted by Gasteiger charge is 2.12. The molecule has 2 aromatic carbocycles. The monoisotopic (exact) mass is 423 g/mol. The van der Waals surface area contributed by atoms with Crippen molar-refractivity contribution in [2.75, 3.05) is 0 Å². The van der Waals surface area contributed by atoms with E-state index in [1.807, 2.05) is 0 Å². The van der Waals surface area contributed by atoms with E-state index in [-0.39, 0.29) is 10.6 Å². The Morgan fingerprint density at radius 2 is 1.75 bits per heavy atom. The molecule has 2 N–H and O–H groups in total. The fraction of sp³-hybridized carbons (Fsp3) is 0. The molecule has 0 heterocycles. The van der Waals surface area contributed by atoms with Gasteiger partial charge in [-0.25, -0.2) is 17.9 Å². The molecule has 0 aromatic heterocycles. The summed E-state index contributed by atoms with van der Waals surface area (Å²) in [4.78, 5) is -0.0429. The van der Waals surface area contributed by atoms with Gasteiger partial charge in [-0.1, -0.05) is 0 Å². The number of nitrogens with two attached hydrogens (primary N) is 1. The summed E-state index contributed by atoms with van der Waals surface area (Å²) in [5, 5.41) is 5.02. The summed E-state index contributed by atoms with van der Waals surface area (Å²) >= 11 is 6.22. The summed E-state index contributed by atoms with van der Waals surface area (Å²) in [5.74, 6) is 0.175. The zero-order chi connectivity index (χ0) is 14.9. The first kappa shape index (κ1) is 15.4. The third kappa shape index (κ3) is 3.57. The van der Waals surface area contributed by atoms with Crippen LogP contribution in [0.1, 0.15) is 0 Å². The zero-order valence-corrected chi connectivity index (χ0v) is 13.8. The van der Waals surface area contributed by atoms with Crippen molar-refractivity contribution in [1.82, 2.24) is 0 Å². The van der Waals surface area contributed by atoms with Crippen molar-refractivity contribution in [2.24, 2.45) is 5.14 Å². The van der Waals surface area contributed by atoms with E-state index in [4.69, 9.17) is 9.88 Å². The van der Waals surface area contributed by atoms with Crippen molar-refractivity contribution in [3.8, 4) is 11.5 Å². The van der Waals surface area contributed by atoms with Crippen LogP contribution in [0.4, 0.5) is 4.39 Å². The second-order valence-electron chi connectivity index (χ2n) is 3.82. The first-order chi connectivity index (χ1) is 9.27. The van der Waals surface area contributed by atoms with E-state index < -0.39 is 15.8 Å². The van der Waals surface area contributed by atoms with Gasteiger partial charge in [-0.05, 0) is 62.2 Å². The topological polar surface area (TPSA) is 69.4 Å². The smallest absolute Gasteiger partial charge is 0.238 e. The van der Waals surface area contributed by atoms with Crippen LogP contribution in [0.2, 0.25) is 0 Å². The Labute approximate surface area is 132 Å². The molecule has 0 atom stereocenters. The largest absolute Gasteiger partial charge is 0.456 e. The Morgan fingerprint density at radius 1 is 1.05 bits per heavy atom. The highest BCUT2D eigenvalue weighted by atomic mass is 79.9. The van der Waals surface area contributed by atoms with Crippen LogP contribution in [-0.4, -0.2) is 8.42 Å². The number of hydrogen-bond acceptors (Lipinski definition) is 3. The van der Waals surface area contributed by atoms with Crippen LogP contribution in [0.15, 0.2) is 50.2 Å². The number of ether oxygens (including phenoxy) is 1. The summed E-state index contributed by atoms with van der Waals surface area (Å²) in [6, 6.07) is 8.36. The predicted octanol–water partition coefficient (Wildman–Crippen LogP) is 3.79. The summed E-state index contributed by atoms with van der Waals surface area (Å²) in [7, 11) is -3.78. The molecule has 0 aliphatic heterocycles. The second kappa shape index (κ2) is 5.80. The molecule has 0 radical (unpaired) electrons. The lowest BCUT2D eigenvalue weighted by Gasteiger charge is -2.09. The molecule has 0 saturated heterocycles. The summed E-state index contributed by atoms with van der Waals surface area (Å²) < 4.78 is 42.0. The van der Waals surface area contributed by atoms with E-state index in [1.54, 1.807) is 6.07 Å². The fourth-order valence-electron chi connectivity index (χ4n) is 1.41. The number of hydrogen-bond donors (Lipinski definition) is 1. The maximum atomic E-state index is 13.4. The molecule has 0 aliphatic rings. The maximum absolute atomic E-state index is 13.4. The van der Waals surface area contributed by atoms with Gasteiger partial charge in [0.1, 0.15) is 17.3 Å². The Morgan fingerprint density at radius 3 is 2.30 bits per heavy atom. The molecule has 0 spiro atoms. The minimum absolute atomic E-state index is 0.0429. The third-order valence-corrected chi connectivity index (χ3v) is 4.52. The van der Waals surface area contributed by atoms with Gasteiger partial charge < -0.3 is 4.74 Å². The molecule has 0 fully saturated rings. The van der Waals surface area contributed by atoms with Gasteiger partial charge in [0, 0.05) is 6.07 Å². The quantitative estimate of drug-likeness (QED) is 0.814. The SMILES string of the molecule is NS(=O)(=O)c1ccc(Oc2ccc(Br)c(F)c2)c(Br)c1. The Bertz CT molecular complexity index is 765. The van der Waals surface area contributed by atoms with E-state index in [2.05, 4.69) is 31.9 Å². The molecule has 8 heteroatoms. The summed E-state index contributed by atoms with van der Waals surface area (Å²) in [6.07, 6.45) is 0. The van der Waals surface area contributed by atoms with Gasteiger partial charge >= 0.3 is 0 Å². The van der Waals surface area contributed by atoms with Crippen LogP contribution in [0.3, 0.4) is 0 Å². The molecule has 2 aromatic rings. The minimum Gasteiger partial charge on any atom is -0.456 e. The molecule has 106 valence electrons. The van der Waals surface area contributed by atoms with Crippen molar-refractivity contribution < 1.29 is 17.5 Å². The molecule has 0 unspecified atom stereocenters. The van der Waals surface area contributed by atoms with E-state index in [0.717, 1.165) is 0 Å². The molecule has 0 saturated carbocycles. The van der Waals surface area contributed by atoms with Crippen LogP contribution in [0.25, 0.3) is 0 Å². The van der Waals surface area contributed by atoms with E-state index in [1.165, 1.54) is 30.3 Å². The van der Waals surface area contributed by atoms with Crippen molar-refractivity contribution in [3.63, 3.8) is 0 Å². The van der Waals surface area contributed by atoms with Crippen LogP contribution in [-0.2, 0) is 10.0 Å². The lowest BCUT2D eigenvalue weighted by atomic mass is 10.3. The standard InChI is InChI=1S/C12H8Br2FNO3S/c13-9-3-1-7(5-11(9)15)19-12-4-2-8(6-10(12)14)20(16,17)18/h1-6H,(H2,16,17,18). The Hall–Kier alpha value is -0.960. The highest BCUT2D eigenvalue weighted by molar-refractivity contribution is 9.10. The zero-order valence-electron chi connectivity index (χ0n) is 9.81. The van der Waals surface area contributed by atoms with Crippen molar-refractivity contribution >= 4 is 41.9 Å². The number of sulfonamides is 1. The van der Waals surface area contributed by atoms with Gasteiger partial charge in [-0.15, -0.1) is 0 Å². The maximum Gasteiger partial charge on any atom is 0.238 e. The molecular formula is C12H8Br2FNO3S. The van der Waals surface area contributed by atoms with Crippen molar-refractivity contribution in [3.05, 3.63) is 51.2 Å². The lowest BCUT2D eigenvalue weighted by molar-refractivity contribution is 0.473. The first-order valence-corrected chi connectivity index (χ1v) is 8.36. The van der Waals surface area contributed by atoms with Gasteiger partial charge in [0.15, 0.2) is 0 Å². The number of benzene rings is 2. The molecule has 0 aliphatic carbocycles. The number of halogens is 3. The molecular weight excluding hydrogens is 417 g/mol. The van der Waals surface area contributed by atoms with Gasteiger partial charge in [0.25, 0.3) is 0 Å². The van der Waals surface area contributed by atoms with Crippen LogP contribution in [0, 0.1) is 5.82 Å². The molecule has 0 amide bonds. The Kier molecular flexibility index (Phi) is 4.48. The van der Waals surface area contributed by atoms with Gasteiger partial charge in [0.2, 0.25) is 10.0 Å². The molecule has 20 heavy (non-hydrogen) atoms.